The zero-order valence-electron chi connectivity index (χ0n) is 13.5. The maximum atomic E-state index is 12.9. The first-order valence-electron chi connectivity index (χ1n) is 7.55. The molecule has 0 aromatic heterocycles. The fourth-order valence-corrected chi connectivity index (χ4v) is 4.30. The Kier molecular flexibility index (Phi) is 4.17. The Hall–Kier alpha value is -1.85. The van der Waals surface area contributed by atoms with Crippen molar-refractivity contribution in [1.29, 1.82) is 0 Å². The third kappa shape index (κ3) is 3.41. The van der Waals surface area contributed by atoms with Gasteiger partial charge < -0.3 is 9.47 Å². The van der Waals surface area contributed by atoms with Crippen molar-refractivity contribution in [3.8, 4) is 5.75 Å². The third-order valence-electron chi connectivity index (χ3n) is 3.87. The van der Waals surface area contributed by atoms with Crippen molar-refractivity contribution in [2.45, 2.75) is 36.7 Å². The van der Waals surface area contributed by atoms with Gasteiger partial charge in [-0.05, 0) is 56.2 Å². The molecule has 0 bridgehead atoms. The first kappa shape index (κ1) is 16.0. The van der Waals surface area contributed by atoms with E-state index in [-0.39, 0.29) is 6.10 Å². The van der Waals surface area contributed by atoms with Crippen molar-refractivity contribution in [2.24, 2.45) is 0 Å². The van der Waals surface area contributed by atoms with E-state index in [1.807, 2.05) is 19.1 Å². The monoisotopic (exact) mass is 332 g/mol. The average molecular weight is 332 g/mol. The Morgan fingerprint density at radius 2 is 1.65 bits per heavy atom. The number of ether oxygens (including phenoxy) is 2. The number of rotatable bonds is 5. The Morgan fingerprint density at radius 3 is 2.17 bits per heavy atom. The van der Waals surface area contributed by atoms with Gasteiger partial charge in [0.15, 0.2) is 0 Å². The fraction of sp³-hybridized carbons (Fsp3) is 0.333. The Bertz CT molecular complexity index is 796. The smallest absolute Gasteiger partial charge is 0.207 e. The second-order valence-electron chi connectivity index (χ2n) is 5.97. The minimum absolute atomic E-state index is 0.173. The summed E-state index contributed by atoms with van der Waals surface area (Å²) in [6, 6.07) is 10.5. The van der Waals surface area contributed by atoms with Crippen molar-refractivity contribution >= 4 is 9.84 Å². The lowest BCUT2D eigenvalue weighted by atomic mass is 10.1. The molecule has 2 aromatic rings. The summed E-state index contributed by atoms with van der Waals surface area (Å²) in [6.07, 6.45) is 0.173. The quantitative estimate of drug-likeness (QED) is 0.789. The second kappa shape index (κ2) is 5.98. The van der Waals surface area contributed by atoms with E-state index < -0.39 is 9.84 Å². The molecule has 0 radical (unpaired) electrons. The van der Waals surface area contributed by atoms with E-state index in [0.29, 0.717) is 33.3 Å². The van der Waals surface area contributed by atoms with E-state index >= 15 is 0 Å². The topological polar surface area (TPSA) is 55.9 Å². The summed E-state index contributed by atoms with van der Waals surface area (Å²) in [5.74, 6) is 0.679. The van der Waals surface area contributed by atoms with Crippen molar-refractivity contribution in [2.75, 3.05) is 13.2 Å². The molecule has 1 aliphatic rings. The summed E-state index contributed by atoms with van der Waals surface area (Å²) >= 11 is 0. The molecule has 1 saturated heterocycles. The van der Waals surface area contributed by atoms with E-state index in [0.717, 1.165) is 12.2 Å². The molecular weight excluding hydrogens is 312 g/mol. The summed E-state index contributed by atoms with van der Waals surface area (Å²) in [4.78, 5) is 0.672. The highest BCUT2D eigenvalue weighted by Gasteiger charge is 2.25. The van der Waals surface area contributed by atoms with Crippen LogP contribution in [0.4, 0.5) is 0 Å². The molecule has 122 valence electrons. The van der Waals surface area contributed by atoms with E-state index in [1.165, 1.54) is 0 Å². The lowest BCUT2D eigenvalue weighted by Gasteiger charge is -2.14. The molecular formula is C18H20O4S. The lowest BCUT2D eigenvalue weighted by molar-refractivity contribution is 0.262. The largest absolute Gasteiger partial charge is 0.491 e. The third-order valence-corrected chi connectivity index (χ3v) is 5.95. The van der Waals surface area contributed by atoms with E-state index in [4.69, 9.17) is 9.47 Å². The number of hydrogen-bond donors (Lipinski definition) is 0. The highest BCUT2D eigenvalue weighted by Crippen LogP contribution is 2.31. The molecule has 1 atom stereocenters. The molecule has 1 fully saturated rings. The minimum Gasteiger partial charge on any atom is -0.491 e. The highest BCUT2D eigenvalue weighted by molar-refractivity contribution is 7.91. The number of sulfone groups is 1. The van der Waals surface area contributed by atoms with Gasteiger partial charge in [-0.2, -0.15) is 0 Å². The van der Waals surface area contributed by atoms with Gasteiger partial charge in [-0.3, -0.25) is 0 Å². The van der Waals surface area contributed by atoms with Gasteiger partial charge in [-0.1, -0.05) is 17.7 Å². The first-order chi connectivity index (χ1) is 10.9. The number of epoxide rings is 1. The zero-order valence-corrected chi connectivity index (χ0v) is 14.3. The van der Waals surface area contributed by atoms with Crippen LogP contribution in [0.15, 0.2) is 46.2 Å². The molecule has 4 nitrogen and oxygen atoms in total. The van der Waals surface area contributed by atoms with Crippen LogP contribution in [0, 0.1) is 20.8 Å². The summed E-state index contributed by atoms with van der Waals surface area (Å²) in [7, 11) is -3.53. The van der Waals surface area contributed by atoms with Crippen LogP contribution >= 0.6 is 0 Å². The van der Waals surface area contributed by atoms with Gasteiger partial charge in [-0.15, -0.1) is 0 Å². The van der Waals surface area contributed by atoms with E-state index in [9.17, 15) is 8.42 Å². The predicted octanol–water partition coefficient (Wildman–Crippen LogP) is 3.22. The summed E-state index contributed by atoms with van der Waals surface area (Å²) < 4.78 is 36.6. The molecule has 0 aliphatic carbocycles. The van der Waals surface area contributed by atoms with Crippen molar-refractivity contribution in [3.05, 3.63) is 53.1 Å². The van der Waals surface area contributed by atoms with Crippen molar-refractivity contribution in [1.82, 2.24) is 0 Å². The summed E-state index contributed by atoms with van der Waals surface area (Å²) in [5.41, 5.74) is 2.41. The summed E-state index contributed by atoms with van der Waals surface area (Å²) in [5, 5.41) is 0. The van der Waals surface area contributed by atoms with Crippen molar-refractivity contribution < 1.29 is 17.9 Å². The van der Waals surface area contributed by atoms with Gasteiger partial charge in [-0.25, -0.2) is 8.42 Å². The molecule has 1 unspecified atom stereocenters. The molecule has 0 spiro atoms. The van der Waals surface area contributed by atoms with Gasteiger partial charge in [0.1, 0.15) is 18.5 Å². The first-order valence-corrected chi connectivity index (χ1v) is 9.03. The maximum absolute atomic E-state index is 12.9. The molecule has 3 rings (SSSR count). The molecule has 0 N–H and O–H groups in total. The van der Waals surface area contributed by atoms with Gasteiger partial charge >= 0.3 is 0 Å². The zero-order chi connectivity index (χ0) is 16.6. The van der Waals surface area contributed by atoms with Crippen molar-refractivity contribution in [3.63, 3.8) is 0 Å². The standard InChI is InChI=1S/C18H20O4S/c1-12-4-6-17(7-5-12)23(19,20)18-13(2)8-15(9-14(18)3)21-10-16-11-22-16/h4-9,16H,10-11H2,1-3H3. The fourth-order valence-electron chi connectivity index (χ4n) is 2.61. The average Bonchev–Trinajstić information content (AvgIpc) is 3.28. The van der Waals surface area contributed by atoms with Crippen LogP contribution in [-0.4, -0.2) is 27.7 Å². The van der Waals surface area contributed by atoms with Crippen LogP contribution in [0.3, 0.4) is 0 Å². The Labute approximate surface area is 137 Å². The van der Waals surface area contributed by atoms with Gasteiger partial charge in [0.05, 0.1) is 16.4 Å². The summed E-state index contributed by atoms with van der Waals surface area (Å²) in [6.45, 7) is 6.77. The van der Waals surface area contributed by atoms with E-state index in [1.54, 1.807) is 38.1 Å². The molecule has 5 heteroatoms. The maximum Gasteiger partial charge on any atom is 0.207 e. The van der Waals surface area contributed by atoms with Crippen LogP contribution in [-0.2, 0) is 14.6 Å². The van der Waals surface area contributed by atoms with Crippen LogP contribution in [0.5, 0.6) is 5.75 Å². The Balaban J connectivity index is 1.96. The lowest BCUT2D eigenvalue weighted by Crippen LogP contribution is -2.09. The molecule has 2 aromatic carbocycles. The second-order valence-corrected chi connectivity index (χ2v) is 7.86. The molecule has 0 saturated carbocycles. The highest BCUT2D eigenvalue weighted by atomic mass is 32.2. The number of aryl methyl sites for hydroxylation is 3. The number of benzene rings is 2. The van der Waals surface area contributed by atoms with Crippen LogP contribution < -0.4 is 4.74 Å². The van der Waals surface area contributed by atoms with Crippen LogP contribution in [0.25, 0.3) is 0 Å². The molecule has 1 heterocycles. The molecule has 0 amide bonds. The van der Waals surface area contributed by atoms with Gasteiger partial charge in [0, 0.05) is 0 Å². The molecule has 23 heavy (non-hydrogen) atoms. The predicted molar refractivity (Wildman–Crippen MR) is 87.8 cm³/mol. The van der Waals surface area contributed by atoms with E-state index in [2.05, 4.69) is 0 Å². The SMILES string of the molecule is Cc1ccc(S(=O)(=O)c2c(C)cc(OCC3CO3)cc2C)cc1. The normalized spacial score (nSPS) is 17.1. The van der Waals surface area contributed by atoms with Crippen LogP contribution in [0.1, 0.15) is 16.7 Å². The van der Waals surface area contributed by atoms with Gasteiger partial charge in [0.25, 0.3) is 0 Å². The number of hydrogen-bond acceptors (Lipinski definition) is 4. The Morgan fingerprint density at radius 1 is 1.09 bits per heavy atom. The minimum atomic E-state index is -3.53. The van der Waals surface area contributed by atoms with Crippen LogP contribution in [0.2, 0.25) is 0 Å². The molecule has 1 aliphatic heterocycles. The van der Waals surface area contributed by atoms with Gasteiger partial charge in [0.2, 0.25) is 9.84 Å².